The van der Waals surface area contributed by atoms with Gasteiger partial charge in [-0.1, -0.05) is 0 Å². The summed E-state index contributed by atoms with van der Waals surface area (Å²) in [6.07, 6.45) is 0. The zero-order chi connectivity index (χ0) is 21.4. The highest BCUT2D eigenvalue weighted by atomic mass is 16.5. The van der Waals surface area contributed by atoms with Gasteiger partial charge < -0.3 is 18.8 Å². The molecule has 0 fully saturated rings. The molecular formula is C24H25N3O3. The Bertz CT molecular complexity index is 1230. The first kappa shape index (κ1) is 19.8. The third-order valence-electron chi connectivity index (χ3n) is 5.53. The first-order valence-electron chi connectivity index (χ1n) is 9.71. The third kappa shape index (κ3) is 3.05. The number of hydrogen-bond acceptors (Lipinski definition) is 5. The molecule has 0 aliphatic rings. The van der Waals surface area contributed by atoms with E-state index in [2.05, 4.69) is 28.6 Å². The predicted molar refractivity (Wildman–Crippen MR) is 118 cm³/mol. The second-order valence-corrected chi connectivity index (χ2v) is 7.16. The lowest BCUT2D eigenvalue weighted by molar-refractivity contribution is 0.393. The molecule has 0 saturated carbocycles. The summed E-state index contributed by atoms with van der Waals surface area (Å²) in [6.45, 7) is 6.20. The Kier molecular flexibility index (Phi) is 5.08. The van der Waals surface area contributed by atoms with Crippen LogP contribution >= 0.6 is 0 Å². The van der Waals surface area contributed by atoms with E-state index < -0.39 is 0 Å². The Labute approximate surface area is 176 Å². The normalized spacial score (nSPS) is 11.0. The molecule has 0 amide bonds. The van der Waals surface area contributed by atoms with E-state index in [0.717, 1.165) is 62.0 Å². The zero-order valence-electron chi connectivity index (χ0n) is 18.1. The van der Waals surface area contributed by atoms with E-state index >= 15 is 0 Å². The molecule has 0 aliphatic heterocycles. The van der Waals surface area contributed by atoms with E-state index in [9.17, 15) is 0 Å². The van der Waals surface area contributed by atoms with Gasteiger partial charge in [-0.2, -0.15) is 5.10 Å². The topological polar surface area (TPSA) is 58.4 Å². The summed E-state index contributed by atoms with van der Waals surface area (Å²) in [6, 6.07) is 13.7. The van der Waals surface area contributed by atoms with Gasteiger partial charge in [-0.15, -0.1) is 5.10 Å². The minimum atomic E-state index is 0.741. The van der Waals surface area contributed by atoms with Gasteiger partial charge in [0.15, 0.2) is 0 Å². The highest BCUT2D eigenvalue weighted by Crippen LogP contribution is 2.39. The number of aryl methyl sites for hydroxylation is 3. The van der Waals surface area contributed by atoms with Gasteiger partial charge in [-0.05, 0) is 57.2 Å². The van der Waals surface area contributed by atoms with Gasteiger partial charge in [-0.3, -0.25) is 0 Å². The van der Waals surface area contributed by atoms with E-state index in [1.165, 1.54) is 0 Å². The van der Waals surface area contributed by atoms with Crippen LogP contribution in [-0.2, 0) is 0 Å². The SMILES string of the molecule is COc1ccc(-c2nnc(C)c3c(C)n(-c4ccc(OC)cc4OC)c(C)c23)cc1. The molecule has 30 heavy (non-hydrogen) atoms. The lowest BCUT2D eigenvalue weighted by Gasteiger charge is -2.15. The number of nitrogens with zero attached hydrogens (tertiary/aromatic N) is 3. The van der Waals surface area contributed by atoms with Crippen LogP contribution in [0.5, 0.6) is 17.2 Å². The Morgan fingerprint density at radius 3 is 1.97 bits per heavy atom. The van der Waals surface area contributed by atoms with Crippen LogP contribution in [0.25, 0.3) is 27.7 Å². The lowest BCUT2D eigenvalue weighted by Crippen LogP contribution is -2.02. The Hall–Kier alpha value is -3.54. The first-order valence-corrected chi connectivity index (χ1v) is 9.71. The fourth-order valence-electron chi connectivity index (χ4n) is 4.08. The summed E-state index contributed by atoms with van der Waals surface area (Å²) in [5, 5.41) is 11.2. The molecule has 6 heteroatoms. The van der Waals surface area contributed by atoms with Crippen molar-refractivity contribution in [2.75, 3.05) is 21.3 Å². The maximum atomic E-state index is 5.67. The van der Waals surface area contributed by atoms with Crippen molar-refractivity contribution in [3.05, 3.63) is 59.5 Å². The van der Waals surface area contributed by atoms with Crippen LogP contribution in [-0.4, -0.2) is 36.1 Å². The van der Waals surface area contributed by atoms with Crippen LogP contribution in [0.15, 0.2) is 42.5 Å². The van der Waals surface area contributed by atoms with Crippen LogP contribution in [0.3, 0.4) is 0 Å². The first-order chi connectivity index (χ1) is 14.5. The highest BCUT2D eigenvalue weighted by molar-refractivity contribution is 6.00. The lowest BCUT2D eigenvalue weighted by atomic mass is 10.0. The summed E-state index contributed by atoms with van der Waals surface area (Å²) >= 11 is 0. The fraction of sp³-hybridized carbons (Fsp3) is 0.250. The maximum Gasteiger partial charge on any atom is 0.146 e. The number of aromatic nitrogens is 3. The van der Waals surface area contributed by atoms with Crippen molar-refractivity contribution in [2.24, 2.45) is 0 Å². The molecule has 2 heterocycles. The molecule has 0 bridgehead atoms. The van der Waals surface area contributed by atoms with Gasteiger partial charge >= 0.3 is 0 Å². The maximum absolute atomic E-state index is 5.67. The second-order valence-electron chi connectivity index (χ2n) is 7.16. The van der Waals surface area contributed by atoms with Crippen LogP contribution in [0.4, 0.5) is 0 Å². The van der Waals surface area contributed by atoms with Crippen molar-refractivity contribution in [2.45, 2.75) is 20.8 Å². The Morgan fingerprint density at radius 2 is 1.33 bits per heavy atom. The van der Waals surface area contributed by atoms with Crippen molar-refractivity contribution < 1.29 is 14.2 Å². The van der Waals surface area contributed by atoms with Gasteiger partial charge in [0.25, 0.3) is 0 Å². The quantitative estimate of drug-likeness (QED) is 0.467. The van der Waals surface area contributed by atoms with E-state index in [0.29, 0.717) is 0 Å². The number of hydrogen-bond donors (Lipinski definition) is 0. The zero-order valence-corrected chi connectivity index (χ0v) is 18.1. The smallest absolute Gasteiger partial charge is 0.146 e. The summed E-state index contributed by atoms with van der Waals surface area (Å²) in [7, 11) is 4.98. The molecule has 6 nitrogen and oxygen atoms in total. The van der Waals surface area contributed by atoms with E-state index in [1.807, 2.05) is 49.4 Å². The van der Waals surface area contributed by atoms with Crippen LogP contribution < -0.4 is 14.2 Å². The summed E-state index contributed by atoms with van der Waals surface area (Å²) in [5.74, 6) is 2.30. The predicted octanol–water partition coefficient (Wildman–Crippen LogP) is 5.04. The van der Waals surface area contributed by atoms with Gasteiger partial charge in [0.1, 0.15) is 22.9 Å². The molecule has 0 radical (unpaired) electrons. The Morgan fingerprint density at radius 1 is 0.700 bits per heavy atom. The standard InChI is InChI=1S/C24H25N3O3/c1-14-22-15(2)27(20-12-11-19(29-5)13-21(20)30-6)16(3)23(22)24(26-25-14)17-7-9-18(28-4)10-8-17/h7-13H,1-6H3. The van der Waals surface area contributed by atoms with Crippen LogP contribution in [0, 0.1) is 20.8 Å². The van der Waals surface area contributed by atoms with Crippen molar-refractivity contribution in [1.82, 2.24) is 14.8 Å². The van der Waals surface area contributed by atoms with E-state index in [1.54, 1.807) is 21.3 Å². The monoisotopic (exact) mass is 403 g/mol. The molecule has 2 aromatic heterocycles. The van der Waals surface area contributed by atoms with Crippen molar-refractivity contribution in [3.8, 4) is 34.2 Å². The molecule has 154 valence electrons. The number of benzene rings is 2. The van der Waals surface area contributed by atoms with E-state index in [-0.39, 0.29) is 0 Å². The van der Waals surface area contributed by atoms with Gasteiger partial charge in [0.2, 0.25) is 0 Å². The fourth-order valence-corrected chi connectivity index (χ4v) is 4.08. The van der Waals surface area contributed by atoms with Crippen molar-refractivity contribution in [3.63, 3.8) is 0 Å². The largest absolute Gasteiger partial charge is 0.497 e. The number of fused-ring (bicyclic) bond motifs is 1. The molecule has 0 saturated heterocycles. The third-order valence-corrected chi connectivity index (χ3v) is 5.53. The molecule has 0 spiro atoms. The minimum Gasteiger partial charge on any atom is -0.497 e. The average molecular weight is 403 g/mol. The summed E-state index contributed by atoms with van der Waals surface area (Å²) in [5.41, 5.74) is 5.86. The minimum absolute atomic E-state index is 0.741. The van der Waals surface area contributed by atoms with Gasteiger partial charge in [0, 0.05) is 33.8 Å². The average Bonchev–Trinajstić information content (AvgIpc) is 3.05. The van der Waals surface area contributed by atoms with Crippen LogP contribution in [0.1, 0.15) is 17.1 Å². The molecule has 0 N–H and O–H groups in total. The molecule has 0 atom stereocenters. The molecule has 0 aliphatic carbocycles. The van der Waals surface area contributed by atoms with Gasteiger partial charge in [-0.25, -0.2) is 0 Å². The summed E-state index contributed by atoms with van der Waals surface area (Å²) < 4.78 is 18.5. The van der Waals surface area contributed by atoms with Gasteiger partial charge in [0.05, 0.1) is 32.7 Å². The number of ether oxygens (including phenoxy) is 3. The molecule has 0 unspecified atom stereocenters. The number of methoxy groups -OCH3 is 3. The van der Waals surface area contributed by atoms with Crippen molar-refractivity contribution >= 4 is 10.8 Å². The molecule has 4 rings (SSSR count). The van der Waals surface area contributed by atoms with Crippen molar-refractivity contribution in [1.29, 1.82) is 0 Å². The van der Waals surface area contributed by atoms with Crippen LogP contribution in [0.2, 0.25) is 0 Å². The number of rotatable bonds is 5. The Balaban J connectivity index is 2.01. The highest BCUT2D eigenvalue weighted by Gasteiger charge is 2.22. The molecule has 4 aromatic rings. The molecule has 2 aromatic carbocycles. The second kappa shape index (κ2) is 7.71. The van der Waals surface area contributed by atoms with E-state index in [4.69, 9.17) is 14.2 Å². The summed E-state index contributed by atoms with van der Waals surface area (Å²) in [4.78, 5) is 0. The molecular weight excluding hydrogens is 378 g/mol.